The van der Waals surface area contributed by atoms with Crippen LogP contribution < -0.4 is 4.72 Å². The minimum Gasteiger partial charge on any atom is -0.377 e. The maximum absolute atomic E-state index is 12.7. The molecule has 1 fully saturated rings. The second-order valence-corrected chi connectivity index (χ2v) is 9.55. The van der Waals surface area contributed by atoms with Gasteiger partial charge in [-0.05, 0) is 42.5 Å². The molecule has 1 aromatic carbocycles. The van der Waals surface area contributed by atoms with Gasteiger partial charge in [-0.3, -0.25) is 4.79 Å². The lowest BCUT2D eigenvalue weighted by Crippen LogP contribution is -2.32. The number of benzene rings is 1. The van der Waals surface area contributed by atoms with Gasteiger partial charge in [-0.25, -0.2) is 13.1 Å². The first-order valence-electron chi connectivity index (χ1n) is 8.55. The summed E-state index contributed by atoms with van der Waals surface area (Å²) in [6.07, 6.45) is 1.62. The Balaban J connectivity index is 1.75. The third-order valence-electron chi connectivity index (χ3n) is 4.31. The average Bonchev–Trinajstić information content (AvgIpc) is 3.33. The second kappa shape index (κ2) is 8.70. The summed E-state index contributed by atoms with van der Waals surface area (Å²) in [4.78, 5) is 15.2. The fraction of sp³-hybridized carbons (Fsp3) is 0.389. The second-order valence-electron chi connectivity index (χ2n) is 6.37. The van der Waals surface area contributed by atoms with E-state index in [2.05, 4.69) is 4.72 Å². The zero-order chi connectivity index (χ0) is 19.4. The van der Waals surface area contributed by atoms with Crippen LogP contribution in [0.4, 0.5) is 0 Å². The van der Waals surface area contributed by atoms with E-state index in [-0.39, 0.29) is 34.0 Å². The van der Waals surface area contributed by atoms with E-state index in [4.69, 9.17) is 16.3 Å². The molecule has 146 valence electrons. The van der Waals surface area contributed by atoms with Crippen LogP contribution in [0.5, 0.6) is 0 Å². The molecule has 1 aliphatic rings. The molecular formula is C18H21ClN2O4S2. The summed E-state index contributed by atoms with van der Waals surface area (Å²) in [7, 11) is -2.16. The van der Waals surface area contributed by atoms with Crippen LogP contribution in [-0.2, 0) is 21.3 Å². The van der Waals surface area contributed by atoms with Crippen molar-refractivity contribution in [3.8, 4) is 0 Å². The molecule has 0 saturated carbocycles. The standard InChI is InChI=1S/C18H21ClN2O4S2/c1-21(12-15-5-3-9-26-15)18(22)13-6-7-16(19)17(10-13)27(23,24)20-11-14-4-2-8-25-14/h3,5-7,9-10,14,20H,2,4,8,11-12H2,1H3. The molecule has 1 unspecified atom stereocenters. The number of hydrogen-bond donors (Lipinski definition) is 1. The number of ether oxygens (including phenoxy) is 1. The molecule has 1 aliphatic heterocycles. The number of carbonyl (C=O) groups is 1. The van der Waals surface area contributed by atoms with Gasteiger partial charge in [0.05, 0.1) is 17.7 Å². The van der Waals surface area contributed by atoms with E-state index in [1.807, 2.05) is 17.5 Å². The molecule has 1 amide bonds. The average molecular weight is 429 g/mol. The molecule has 2 heterocycles. The predicted molar refractivity (Wildman–Crippen MR) is 106 cm³/mol. The van der Waals surface area contributed by atoms with Crippen LogP contribution >= 0.6 is 22.9 Å². The van der Waals surface area contributed by atoms with Crippen molar-refractivity contribution in [1.29, 1.82) is 0 Å². The summed E-state index contributed by atoms with van der Waals surface area (Å²) in [6, 6.07) is 8.17. The molecule has 0 bridgehead atoms. The van der Waals surface area contributed by atoms with E-state index in [1.165, 1.54) is 18.2 Å². The van der Waals surface area contributed by atoms with E-state index in [1.54, 1.807) is 23.3 Å². The zero-order valence-electron chi connectivity index (χ0n) is 14.9. The highest BCUT2D eigenvalue weighted by Crippen LogP contribution is 2.24. The topological polar surface area (TPSA) is 75.7 Å². The number of sulfonamides is 1. The van der Waals surface area contributed by atoms with Crippen LogP contribution in [0.2, 0.25) is 5.02 Å². The first-order chi connectivity index (χ1) is 12.9. The van der Waals surface area contributed by atoms with E-state index in [9.17, 15) is 13.2 Å². The fourth-order valence-corrected chi connectivity index (χ4v) is 5.20. The molecule has 0 radical (unpaired) electrons. The summed E-state index contributed by atoms with van der Waals surface area (Å²) in [6.45, 7) is 1.29. The smallest absolute Gasteiger partial charge is 0.253 e. The lowest BCUT2D eigenvalue weighted by molar-refractivity contribution is 0.0786. The third kappa shape index (κ3) is 5.08. The van der Waals surface area contributed by atoms with Gasteiger partial charge in [0, 0.05) is 30.6 Å². The van der Waals surface area contributed by atoms with Gasteiger partial charge in [-0.15, -0.1) is 11.3 Å². The Bertz CT molecular complexity index is 894. The molecule has 0 aliphatic carbocycles. The zero-order valence-corrected chi connectivity index (χ0v) is 17.2. The molecule has 2 aromatic rings. The van der Waals surface area contributed by atoms with Crippen LogP contribution in [0.1, 0.15) is 28.1 Å². The first kappa shape index (κ1) is 20.3. The lowest BCUT2D eigenvalue weighted by Gasteiger charge is -2.17. The molecule has 6 nitrogen and oxygen atoms in total. The van der Waals surface area contributed by atoms with E-state index < -0.39 is 10.0 Å². The van der Waals surface area contributed by atoms with Gasteiger partial charge in [-0.1, -0.05) is 17.7 Å². The minimum absolute atomic E-state index is 0.0762. The number of nitrogens with zero attached hydrogens (tertiary/aromatic N) is 1. The summed E-state index contributed by atoms with van der Waals surface area (Å²) >= 11 is 7.66. The maximum Gasteiger partial charge on any atom is 0.253 e. The normalized spacial score (nSPS) is 17.2. The molecular weight excluding hydrogens is 408 g/mol. The van der Waals surface area contributed by atoms with Crippen LogP contribution in [0.25, 0.3) is 0 Å². The van der Waals surface area contributed by atoms with Crippen molar-refractivity contribution in [2.45, 2.75) is 30.4 Å². The highest BCUT2D eigenvalue weighted by atomic mass is 35.5. The molecule has 1 saturated heterocycles. The van der Waals surface area contributed by atoms with Gasteiger partial charge in [0.2, 0.25) is 10.0 Å². The van der Waals surface area contributed by atoms with Gasteiger partial charge in [-0.2, -0.15) is 0 Å². The summed E-state index contributed by atoms with van der Waals surface area (Å²) in [5, 5.41) is 2.02. The van der Waals surface area contributed by atoms with Gasteiger partial charge in [0.25, 0.3) is 5.91 Å². The summed E-state index contributed by atoms with van der Waals surface area (Å²) in [5.74, 6) is -0.268. The van der Waals surface area contributed by atoms with Crippen LogP contribution in [0.3, 0.4) is 0 Å². The van der Waals surface area contributed by atoms with Gasteiger partial charge >= 0.3 is 0 Å². The van der Waals surface area contributed by atoms with Crippen molar-refractivity contribution in [2.24, 2.45) is 0 Å². The molecule has 1 atom stereocenters. The number of hydrogen-bond acceptors (Lipinski definition) is 5. The molecule has 0 spiro atoms. The Hall–Kier alpha value is -1.45. The van der Waals surface area contributed by atoms with Crippen LogP contribution in [0.15, 0.2) is 40.6 Å². The number of carbonyl (C=O) groups excluding carboxylic acids is 1. The molecule has 9 heteroatoms. The number of halogens is 1. The van der Waals surface area contributed by atoms with Crippen molar-refractivity contribution < 1.29 is 17.9 Å². The number of nitrogens with one attached hydrogen (secondary N) is 1. The molecule has 1 N–H and O–H groups in total. The van der Waals surface area contributed by atoms with Gasteiger partial charge in [0.1, 0.15) is 4.90 Å². The maximum atomic E-state index is 12.7. The monoisotopic (exact) mass is 428 g/mol. The minimum atomic E-state index is -3.84. The number of amides is 1. The van der Waals surface area contributed by atoms with Gasteiger partial charge < -0.3 is 9.64 Å². The predicted octanol–water partition coefficient (Wildman–Crippen LogP) is 3.13. The number of rotatable bonds is 7. The summed E-state index contributed by atoms with van der Waals surface area (Å²) < 4.78 is 33.2. The summed E-state index contributed by atoms with van der Waals surface area (Å²) in [5.41, 5.74) is 0.274. The quantitative estimate of drug-likeness (QED) is 0.735. The van der Waals surface area contributed by atoms with E-state index >= 15 is 0 Å². The molecule has 1 aromatic heterocycles. The van der Waals surface area contributed by atoms with Crippen molar-refractivity contribution >= 4 is 38.9 Å². The Morgan fingerprint density at radius 2 is 2.22 bits per heavy atom. The molecule has 3 rings (SSSR count). The highest BCUT2D eigenvalue weighted by molar-refractivity contribution is 7.89. The van der Waals surface area contributed by atoms with Crippen molar-refractivity contribution in [1.82, 2.24) is 9.62 Å². The van der Waals surface area contributed by atoms with Crippen molar-refractivity contribution in [3.05, 3.63) is 51.2 Å². The Morgan fingerprint density at radius 3 is 2.89 bits per heavy atom. The number of thiophene rings is 1. The van der Waals surface area contributed by atoms with Gasteiger partial charge in [0.15, 0.2) is 0 Å². The molecule has 27 heavy (non-hydrogen) atoms. The van der Waals surface area contributed by atoms with Crippen molar-refractivity contribution in [2.75, 3.05) is 20.2 Å². The Labute approximate surface area is 168 Å². The van der Waals surface area contributed by atoms with Crippen molar-refractivity contribution in [3.63, 3.8) is 0 Å². The first-order valence-corrected chi connectivity index (χ1v) is 11.3. The SMILES string of the molecule is CN(Cc1cccs1)C(=O)c1ccc(Cl)c(S(=O)(=O)NCC2CCCO2)c1. The fourth-order valence-electron chi connectivity index (χ4n) is 2.86. The Kier molecular flexibility index (Phi) is 6.54. The van der Waals surface area contributed by atoms with E-state index in [0.29, 0.717) is 13.2 Å². The van der Waals surface area contributed by atoms with E-state index in [0.717, 1.165) is 17.7 Å². The highest BCUT2D eigenvalue weighted by Gasteiger charge is 2.24. The third-order valence-corrected chi connectivity index (χ3v) is 7.08. The van der Waals surface area contributed by atoms with Crippen LogP contribution in [-0.4, -0.2) is 45.5 Å². The largest absolute Gasteiger partial charge is 0.377 e. The van der Waals surface area contributed by atoms with Crippen LogP contribution in [0, 0.1) is 0 Å². The lowest BCUT2D eigenvalue weighted by atomic mass is 10.2. The Morgan fingerprint density at radius 1 is 1.41 bits per heavy atom.